The Morgan fingerprint density at radius 2 is 2.00 bits per heavy atom. The van der Waals surface area contributed by atoms with E-state index in [1.165, 1.54) is 17.5 Å². The maximum atomic E-state index is 6.62. The van der Waals surface area contributed by atoms with Crippen LogP contribution in [0.2, 0.25) is 0 Å². The highest BCUT2D eigenvalue weighted by molar-refractivity contribution is 7.99. The fourth-order valence-electron chi connectivity index (χ4n) is 5.26. The average Bonchev–Trinajstić information content (AvgIpc) is 2.92. The van der Waals surface area contributed by atoms with Gasteiger partial charge in [-0.1, -0.05) is 25.1 Å². The number of hydrogen-bond donors (Lipinski definition) is 1. The molecule has 1 fully saturated rings. The van der Waals surface area contributed by atoms with E-state index in [1.54, 1.807) is 14.2 Å². The Hall–Kier alpha value is -1.93. The van der Waals surface area contributed by atoms with Crippen molar-refractivity contribution in [3.05, 3.63) is 53.6 Å². The second-order valence-corrected chi connectivity index (χ2v) is 11.1. The number of fused-ring (bicyclic) bond motifs is 1. The fourth-order valence-corrected chi connectivity index (χ4v) is 5.69. The second kappa shape index (κ2) is 13.6. The number of thioether (sulfide) groups is 1. The summed E-state index contributed by atoms with van der Waals surface area (Å²) in [5, 5.41) is 4.42. The number of piperidine rings is 1. The molecule has 0 saturated carbocycles. The van der Waals surface area contributed by atoms with Crippen LogP contribution in [0.5, 0.6) is 11.5 Å². The Balaban J connectivity index is 1.45. The third kappa shape index (κ3) is 7.09. The zero-order valence-corrected chi connectivity index (χ0v) is 23.0. The molecule has 2 aliphatic heterocycles. The van der Waals surface area contributed by atoms with Crippen LogP contribution < -0.4 is 19.7 Å². The van der Waals surface area contributed by atoms with Crippen molar-refractivity contribution in [3.63, 3.8) is 0 Å². The molecule has 1 unspecified atom stereocenters. The van der Waals surface area contributed by atoms with Gasteiger partial charge in [0.2, 0.25) is 0 Å². The van der Waals surface area contributed by atoms with Gasteiger partial charge in [0, 0.05) is 44.0 Å². The lowest BCUT2D eigenvalue weighted by molar-refractivity contribution is 0.00232. The van der Waals surface area contributed by atoms with Gasteiger partial charge in [0.1, 0.15) is 18.1 Å². The third-order valence-corrected chi connectivity index (χ3v) is 8.38. The molecule has 0 amide bonds. The van der Waals surface area contributed by atoms with Crippen LogP contribution in [0.3, 0.4) is 0 Å². The van der Waals surface area contributed by atoms with E-state index in [0.717, 1.165) is 62.9 Å². The molecule has 1 saturated heterocycles. The summed E-state index contributed by atoms with van der Waals surface area (Å²) < 4.78 is 23.2. The Kier molecular flexibility index (Phi) is 10.2. The summed E-state index contributed by atoms with van der Waals surface area (Å²) in [6, 6.07) is 15.5. The highest BCUT2D eigenvalue weighted by Gasteiger charge is 2.33. The summed E-state index contributed by atoms with van der Waals surface area (Å²) >= 11 is 1.94. The van der Waals surface area contributed by atoms with Crippen LogP contribution >= 0.6 is 11.8 Å². The number of rotatable bonds is 12. The van der Waals surface area contributed by atoms with Crippen molar-refractivity contribution >= 4 is 17.4 Å². The highest BCUT2D eigenvalue weighted by Crippen LogP contribution is 2.35. The molecule has 7 heteroatoms. The molecule has 2 aliphatic rings. The number of ether oxygens (including phenoxy) is 4. The van der Waals surface area contributed by atoms with Crippen molar-refractivity contribution in [1.29, 1.82) is 0 Å². The van der Waals surface area contributed by atoms with E-state index in [4.69, 9.17) is 18.9 Å². The number of anilines is 1. The number of nitrogens with zero attached hydrogens (tertiary/aromatic N) is 1. The van der Waals surface area contributed by atoms with E-state index in [0.29, 0.717) is 23.8 Å². The minimum absolute atomic E-state index is 0.115. The lowest BCUT2D eigenvalue weighted by Crippen LogP contribution is -2.47. The Morgan fingerprint density at radius 3 is 2.75 bits per heavy atom. The van der Waals surface area contributed by atoms with Crippen molar-refractivity contribution in [3.8, 4) is 11.5 Å². The fraction of sp³-hybridized carbons (Fsp3) is 0.586. The Labute approximate surface area is 221 Å². The monoisotopic (exact) mass is 514 g/mol. The van der Waals surface area contributed by atoms with Gasteiger partial charge in [-0.25, -0.2) is 0 Å². The topological polar surface area (TPSA) is 52.2 Å². The lowest BCUT2D eigenvalue weighted by Gasteiger charge is -2.38. The number of benzene rings is 2. The van der Waals surface area contributed by atoms with E-state index in [-0.39, 0.29) is 6.10 Å². The average molecular weight is 515 g/mol. The molecule has 4 atom stereocenters. The maximum Gasteiger partial charge on any atom is 0.142 e. The molecule has 2 aromatic carbocycles. The Bertz CT molecular complexity index is 941. The van der Waals surface area contributed by atoms with Gasteiger partial charge in [0.25, 0.3) is 0 Å². The normalized spacial score (nSPS) is 22.6. The lowest BCUT2D eigenvalue weighted by atomic mass is 9.83. The van der Waals surface area contributed by atoms with E-state index >= 15 is 0 Å². The number of nitrogens with one attached hydrogen (secondary N) is 1. The first-order valence-electron chi connectivity index (χ1n) is 13.1. The smallest absolute Gasteiger partial charge is 0.142 e. The van der Waals surface area contributed by atoms with E-state index in [1.807, 2.05) is 11.8 Å². The minimum atomic E-state index is 0.115. The van der Waals surface area contributed by atoms with Crippen LogP contribution in [0.1, 0.15) is 43.2 Å². The molecule has 0 bridgehead atoms. The first-order valence-corrected chi connectivity index (χ1v) is 14.4. The largest absolute Gasteiger partial charge is 0.497 e. The zero-order chi connectivity index (χ0) is 25.3. The van der Waals surface area contributed by atoms with Crippen LogP contribution in [0.4, 0.5) is 5.69 Å². The predicted octanol–water partition coefficient (Wildman–Crippen LogP) is 5.10. The van der Waals surface area contributed by atoms with Gasteiger partial charge >= 0.3 is 0 Å². The van der Waals surface area contributed by atoms with Crippen LogP contribution in [-0.4, -0.2) is 70.7 Å². The summed E-state index contributed by atoms with van der Waals surface area (Å²) in [6.45, 7) is 7.13. The van der Waals surface area contributed by atoms with Gasteiger partial charge in [0.15, 0.2) is 0 Å². The second-order valence-electron chi connectivity index (χ2n) is 9.84. The summed E-state index contributed by atoms with van der Waals surface area (Å²) in [5.41, 5.74) is 3.67. The zero-order valence-electron chi connectivity index (χ0n) is 22.2. The van der Waals surface area contributed by atoms with Crippen LogP contribution in [-0.2, 0) is 16.1 Å². The molecule has 2 heterocycles. The highest BCUT2D eigenvalue weighted by atomic mass is 32.2. The predicted molar refractivity (Wildman–Crippen MR) is 149 cm³/mol. The molecule has 0 aliphatic carbocycles. The van der Waals surface area contributed by atoms with E-state index < -0.39 is 0 Å². The standard InChI is InChI=1S/C29H42N2O4S/c1-21(36-4)16-24-18-26(23-7-9-25(33-3)10-8-23)29(19-30-24)35-20-22-6-11-28-27(17-22)31(13-15-34-28)12-5-14-32-2/h6-11,17,21,24,26,29-30H,5,12-16,18-20H2,1-4H3/t21-,24?,26-,29+/m1/s1. The van der Waals surface area contributed by atoms with Crippen molar-refractivity contribution < 1.29 is 18.9 Å². The van der Waals surface area contributed by atoms with Gasteiger partial charge in [-0.3, -0.25) is 0 Å². The van der Waals surface area contributed by atoms with Crippen molar-refractivity contribution in [2.75, 3.05) is 58.2 Å². The van der Waals surface area contributed by atoms with E-state index in [2.05, 4.69) is 65.9 Å². The molecule has 198 valence electrons. The van der Waals surface area contributed by atoms with Crippen molar-refractivity contribution in [1.82, 2.24) is 5.32 Å². The third-order valence-electron chi connectivity index (χ3n) is 7.38. The number of methoxy groups -OCH3 is 2. The molecule has 0 spiro atoms. The molecular formula is C29H42N2O4S. The molecule has 6 nitrogen and oxygen atoms in total. The minimum Gasteiger partial charge on any atom is -0.497 e. The van der Waals surface area contributed by atoms with Crippen molar-refractivity contribution in [2.24, 2.45) is 0 Å². The van der Waals surface area contributed by atoms with Crippen molar-refractivity contribution in [2.45, 2.75) is 56.1 Å². The number of hydrogen-bond acceptors (Lipinski definition) is 7. The van der Waals surface area contributed by atoms with Crippen LogP contribution in [0, 0.1) is 0 Å². The van der Waals surface area contributed by atoms with Crippen LogP contribution in [0.15, 0.2) is 42.5 Å². The molecule has 0 radical (unpaired) electrons. The van der Waals surface area contributed by atoms with Crippen LogP contribution in [0.25, 0.3) is 0 Å². The maximum absolute atomic E-state index is 6.62. The summed E-state index contributed by atoms with van der Waals surface area (Å²) in [4.78, 5) is 2.40. The SMILES string of the molecule is COCCCN1CCOc2ccc(CO[C@H]3CNC(C[C@@H](C)SC)C[C@@H]3c3ccc(OC)cc3)cc21. The summed E-state index contributed by atoms with van der Waals surface area (Å²) in [7, 11) is 3.47. The molecule has 2 aromatic rings. The summed E-state index contributed by atoms with van der Waals surface area (Å²) in [6.07, 6.45) is 5.56. The first kappa shape index (κ1) is 27.1. The molecular weight excluding hydrogens is 472 g/mol. The summed E-state index contributed by atoms with van der Waals surface area (Å²) in [5.74, 6) is 2.20. The van der Waals surface area contributed by atoms with Gasteiger partial charge in [0.05, 0.1) is 32.1 Å². The molecule has 1 N–H and O–H groups in total. The van der Waals surface area contributed by atoms with Gasteiger partial charge in [-0.05, 0) is 60.9 Å². The van der Waals surface area contributed by atoms with E-state index in [9.17, 15) is 0 Å². The van der Waals surface area contributed by atoms with Gasteiger partial charge in [-0.2, -0.15) is 11.8 Å². The molecule has 36 heavy (non-hydrogen) atoms. The Morgan fingerprint density at radius 1 is 1.17 bits per heavy atom. The molecule has 0 aromatic heterocycles. The van der Waals surface area contributed by atoms with Gasteiger partial charge < -0.3 is 29.2 Å². The quantitative estimate of drug-likeness (QED) is 0.395. The first-order chi connectivity index (χ1) is 17.6. The van der Waals surface area contributed by atoms with Gasteiger partial charge in [-0.15, -0.1) is 0 Å². The molecule has 4 rings (SSSR count).